The molecule has 506 valence electrons. The number of esters is 3. The second-order valence-electron chi connectivity index (χ2n) is 25.9. The SMILES string of the molecule is CO[C@H]1C[C@@H]2CC[C@@H](C)[C@@](O)(O2)C(=O)C(=O)N2CCCC[C@H]2C(=O)O[C@H]([C@H](C)C[C@@H]2CC[C@@H](OC(=O)CCCCCOC(=O)c3c(I)c(CC(C)=O)c(I)c(NC(C)=O)c3I)[C@H](OC)C2)CC(=O)[C@H](C)/C=C(\C)[C@@H](O)[C@@H](C)C(=O)[C@H](C)C[C@H](C)/C=C/C=CC=C1C. The van der Waals surface area contributed by atoms with Gasteiger partial charge in [-0.1, -0.05) is 78.0 Å². The minimum absolute atomic E-state index is 0.0108. The lowest BCUT2D eigenvalue weighted by molar-refractivity contribution is -0.265. The number of Topliss-reactive ketones (excluding diaryl/α,β-unsaturated/α-hetero) is 4. The number of hydrogen-bond acceptors (Lipinski definition) is 17. The predicted molar refractivity (Wildman–Crippen MR) is 369 cm³/mol. The molecule has 22 heteroatoms. The number of anilines is 1. The Morgan fingerprint density at radius 2 is 1.54 bits per heavy atom. The fourth-order valence-electron chi connectivity index (χ4n) is 12.9. The molecule has 0 aromatic heterocycles. The number of benzene rings is 1. The van der Waals surface area contributed by atoms with Gasteiger partial charge in [0.15, 0.2) is 0 Å². The molecule has 2 amide bonds. The van der Waals surface area contributed by atoms with Crippen molar-refractivity contribution in [3.8, 4) is 0 Å². The highest BCUT2D eigenvalue weighted by molar-refractivity contribution is 14.1. The first-order valence-corrected chi connectivity index (χ1v) is 35.5. The number of fused-ring (bicyclic) bond motifs is 3. The van der Waals surface area contributed by atoms with Crippen LogP contribution in [0.15, 0.2) is 47.6 Å². The van der Waals surface area contributed by atoms with Gasteiger partial charge < -0.3 is 48.9 Å². The highest BCUT2D eigenvalue weighted by Crippen LogP contribution is 2.40. The molecule has 1 aromatic carbocycles. The number of halogens is 3. The molecule has 0 radical (unpaired) electrons. The smallest absolute Gasteiger partial charge is 0.340 e. The van der Waals surface area contributed by atoms with Crippen molar-refractivity contribution in [2.45, 2.75) is 227 Å². The van der Waals surface area contributed by atoms with Gasteiger partial charge in [-0.2, -0.15) is 0 Å². The van der Waals surface area contributed by atoms with E-state index < -0.39 is 102 Å². The van der Waals surface area contributed by atoms with Crippen LogP contribution in [0.2, 0.25) is 0 Å². The summed E-state index contributed by atoms with van der Waals surface area (Å²) >= 11 is 6.12. The molecule has 4 aliphatic rings. The number of nitrogens with zero attached hydrogens (tertiary/aromatic N) is 1. The molecule has 1 aliphatic carbocycles. The van der Waals surface area contributed by atoms with Gasteiger partial charge in [0, 0.05) is 84.2 Å². The molecule has 1 aromatic rings. The van der Waals surface area contributed by atoms with Gasteiger partial charge in [0.1, 0.15) is 35.6 Å². The highest BCUT2D eigenvalue weighted by Gasteiger charge is 2.53. The number of nitrogens with one attached hydrogen (secondary N) is 1. The topological polar surface area (TPSA) is 265 Å². The molecule has 2 bridgehead atoms. The standard InChI is InChI=1S/C69H97I3N2O17/c1-38-21-15-13-16-22-39(2)54(86-11)36-49-27-25-44(7)69(85,91-49)65(81)66(82)74-29-19-18-23-51(74)67(83)90-55(37-52(77)40(3)32-43(6)64(80)46(9)63(79)42(5)31-38)41(4)33-48-26-28-53(56(35-48)87-12)89-57(78)24-17-14-20-30-88-68(84)58-59(70)50(34-45(8)75)60(71)62(61(58)72)73-47(10)76/h13,15-16,21-22,32,38,40-42,44,46,48-49,51,53-56,64,80,85H,14,17-20,23-31,33-37H2,1-12H3,(H,73,76)/b16-13?,21-15+,39-22?,43-32+/t38-,40-,41-,42-,44-,46+,48+,49+,51+,53-,54+,55+,56-,64-,69-/m1/s1. The molecular formula is C69H97I3N2O17. The van der Waals surface area contributed by atoms with Crippen LogP contribution >= 0.6 is 67.8 Å². The fourth-order valence-corrected chi connectivity index (χ4v) is 17.2. The minimum Gasteiger partial charge on any atom is -0.462 e. The average molecular weight is 1610 g/mol. The van der Waals surface area contributed by atoms with Crippen molar-refractivity contribution >= 4 is 126 Å². The van der Waals surface area contributed by atoms with Crippen molar-refractivity contribution in [3.05, 3.63) is 69.4 Å². The van der Waals surface area contributed by atoms with Crippen LogP contribution in [0.1, 0.15) is 188 Å². The molecular weight excluding hydrogens is 1510 g/mol. The number of rotatable bonds is 16. The lowest BCUT2D eigenvalue weighted by atomic mass is 9.78. The fraction of sp³-hybridized carbons (Fsp3) is 0.667. The third kappa shape index (κ3) is 21.9. The number of piperidine rings is 1. The molecule has 3 aliphatic heterocycles. The number of methoxy groups -OCH3 is 2. The highest BCUT2D eigenvalue weighted by atomic mass is 127. The summed E-state index contributed by atoms with van der Waals surface area (Å²) < 4.78 is 37.8. The average Bonchev–Trinajstić information content (AvgIpc) is 0.848. The third-order valence-corrected chi connectivity index (χ3v) is 21.9. The molecule has 0 unspecified atom stereocenters. The molecule has 3 heterocycles. The Labute approximate surface area is 578 Å². The van der Waals surface area contributed by atoms with E-state index in [1.807, 2.05) is 103 Å². The Bertz CT molecular complexity index is 2860. The van der Waals surface area contributed by atoms with Crippen molar-refractivity contribution in [3.63, 3.8) is 0 Å². The van der Waals surface area contributed by atoms with E-state index in [4.69, 9.17) is 28.4 Å². The van der Waals surface area contributed by atoms with Gasteiger partial charge >= 0.3 is 17.9 Å². The number of aliphatic hydroxyl groups is 2. The largest absolute Gasteiger partial charge is 0.462 e. The van der Waals surface area contributed by atoms with Crippen LogP contribution < -0.4 is 5.32 Å². The number of ketones is 4. The van der Waals surface area contributed by atoms with Crippen LogP contribution in [0.5, 0.6) is 0 Å². The van der Waals surface area contributed by atoms with E-state index in [-0.39, 0.29) is 85.4 Å². The zero-order chi connectivity index (χ0) is 67.6. The molecule has 3 fully saturated rings. The Morgan fingerprint density at radius 1 is 0.824 bits per heavy atom. The normalized spacial score (nSPS) is 31.1. The zero-order valence-corrected chi connectivity index (χ0v) is 61.6. The first kappa shape index (κ1) is 77.9. The number of carbonyl (C=O) groups excluding carboxylic acids is 9. The van der Waals surface area contributed by atoms with E-state index in [0.717, 1.165) is 5.57 Å². The first-order chi connectivity index (χ1) is 42.9. The number of ether oxygens (including phenoxy) is 6. The number of carbonyl (C=O) groups is 9. The van der Waals surface area contributed by atoms with Crippen molar-refractivity contribution in [2.24, 2.45) is 41.4 Å². The second-order valence-corrected chi connectivity index (χ2v) is 29.1. The summed E-state index contributed by atoms with van der Waals surface area (Å²) in [6.45, 7) is 17.4. The third-order valence-electron chi connectivity index (χ3n) is 18.4. The first-order valence-electron chi connectivity index (χ1n) is 32.2. The van der Waals surface area contributed by atoms with Gasteiger partial charge in [-0.15, -0.1) is 0 Å². The van der Waals surface area contributed by atoms with E-state index in [0.29, 0.717) is 111 Å². The molecule has 3 N–H and O–H groups in total. The second kappa shape index (κ2) is 36.9. The van der Waals surface area contributed by atoms with E-state index >= 15 is 0 Å². The number of amides is 2. The van der Waals surface area contributed by atoms with E-state index in [9.17, 15) is 53.4 Å². The summed E-state index contributed by atoms with van der Waals surface area (Å²) in [6, 6.07) is -1.20. The number of aliphatic hydroxyl groups excluding tert-OH is 1. The van der Waals surface area contributed by atoms with Gasteiger partial charge in [-0.05, 0) is 206 Å². The molecule has 15 atom stereocenters. The van der Waals surface area contributed by atoms with Gasteiger partial charge in [0.2, 0.25) is 11.7 Å². The van der Waals surface area contributed by atoms with E-state index in [1.54, 1.807) is 48.0 Å². The molecule has 91 heavy (non-hydrogen) atoms. The quantitative estimate of drug-likeness (QED) is 0.0347. The minimum atomic E-state index is -2.48. The Hall–Kier alpha value is -3.80. The summed E-state index contributed by atoms with van der Waals surface area (Å²) in [7, 11) is 3.13. The molecule has 5 rings (SSSR count). The maximum atomic E-state index is 14.7. The van der Waals surface area contributed by atoms with Crippen molar-refractivity contribution in [1.29, 1.82) is 0 Å². The van der Waals surface area contributed by atoms with Crippen molar-refractivity contribution in [2.75, 3.05) is 32.7 Å². The van der Waals surface area contributed by atoms with E-state index in [2.05, 4.69) is 27.9 Å². The molecule has 0 spiro atoms. The van der Waals surface area contributed by atoms with Crippen LogP contribution in [0.4, 0.5) is 5.69 Å². The van der Waals surface area contributed by atoms with Crippen LogP contribution in [0, 0.1) is 52.1 Å². The lowest BCUT2D eigenvalue weighted by Crippen LogP contribution is -2.61. The summed E-state index contributed by atoms with van der Waals surface area (Å²) in [5, 5.41) is 26.4. The number of cyclic esters (lactones) is 1. The Morgan fingerprint density at radius 3 is 2.21 bits per heavy atom. The van der Waals surface area contributed by atoms with Crippen LogP contribution in [-0.4, -0.2) is 144 Å². The molecule has 2 saturated heterocycles. The van der Waals surface area contributed by atoms with Crippen molar-refractivity contribution in [1.82, 2.24) is 4.90 Å². The van der Waals surface area contributed by atoms with Gasteiger partial charge in [0.25, 0.3) is 11.7 Å². The number of hydrogen-bond donors (Lipinski definition) is 3. The van der Waals surface area contributed by atoms with E-state index in [1.165, 1.54) is 18.7 Å². The Kier molecular flexibility index (Phi) is 31.6. The van der Waals surface area contributed by atoms with Gasteiger partial charge in [-0.3, -0.25) is 33.6 Å². The maximum absolute atomic E-state index is 14.7. The van der Waals surface area contributed by atoms with Crippen LogP contribution in [0.25, 0.3) is 0 Å². The van der Waals surface area contributed by atoms with Crippen LogP contribution in [0.3, 0.4) is 0 Å². The number of unbranched alkanes of at least 4 members (excludes halogenated alkanes) is 2. The number of allylic oxidation sites excluding steroid dienone is 6. The van der Waals surface area contributed by atoms with Crippen LogP contribution in [-0.2, 0) is 73.2 Å². The monoisotopic (exact) mass is 1610 g/mol. The zero-order valence-electron chi connectivity index (χ0n) is 55.1. The summed E-state index contributed by atoms with van der Waals surface area (Å²) in [5.41, 5.74) is 2.68. The van der Waals surface area contributed by atoms with Gasteiger partial charge in [0.05, 0.1) is 45.8 Å². The molecule has 19 nitrogen and oxygen atoms in total. The van der Waals surface area contributed by atoms with Crippen molar-refractivity contribution < 1.29 is 81.8 Å². The predicted octanol–water partition coefficient (Wildman–Crippen LogP) is 11.7. The summed E-state index contributed by atoms with van der Waals surface area (Å²) in [6.07, 6.45) is 13.5. The summed E-state index contributed by atoms with van der Waals surface area (Å²) in [4.78, 5) is 124. The Balaban J connectivity index is 1.29. The molecule has 1 saturated carbocycles. The maximum Gasteiger partial charge on any atom is 0.340 e. The van der Waals surface area contributed by atoms with Gasteiger partial charge in [-0.25, -0.2) is 9.59 Å². The summed E-state index contributed by atoms with van der Waals surface area (Å²) in [5.74, 6) is -10.3. The lowest BCUT2D eigenvalue weighted by Gasteiger charge is -2.42.